The van der Waals surface area contributed by atoms with Crippen LogP contribution in [0.2, 0.25) is 0 Å². The minimum Gasteiger partial charge on any atom is -0.396 e. The molecule has 100 valence electrons. The monoisotopic (exact) mass is 251 g/mol. The van der Waals surface area contributed by atoms with Gasteiger partial charge in [0.05, 0.1) is 18.7 Å². The lowest BCUT2D eigenvalue weighted by molar-refractivity contribution is -0.120. The zero-order valence-electron chi connectivity index (χ0n) is 11.3. The summed E-state index contributed by atoms with van der Waals surface area (Å²) in [6.45, 7) is 4.64. The minimum atomic E-state index is -0.0330. The van der Waals surface area contributed by atoms with Crippen LogP contribution in [0.3, 0.4) is 0 Å². The Bertz CT molecular complexity index is 461. The van der Waals surface area contributed by atoms with Gasteiger partial charge in [0.25, 0.3) is 0 Å². The number of aryl methyl sites for hydroxylation is 2. The van der Waals surface area contributed by atoms with Gasteiger partial charge >= 0.3 is 0 Å². The van der Waals surface area contributed by atoms with Crippen LogP contribution >= 0.6 is 0 Å². The Morgan fingerprint density at radius 3 is 2.61 bits per heavy atom. The molecule has 2 rings (SSSR count). The van der Waals surface area contributed by atoms with Gasteiger partial charge < -0.3 is 10.4 Å². The molecule has 0 radical (unpaired) electrons. The average molecular weight is 251 g/mol. The maximum atomic E-state index is 11.9. The van der Waals surface area contributed by atoms with Gasteiger partial charge in [0.1, 0.15) is 0 Å². The Hall–Kier alpha value is -1.36. The molecule has 1 heterocycles. The average Bonchev–Trinajstić information content (AvgIpc) is 3.08. The van der Waals surface area contributed by atoms with E-state index < -0.39 is 0 Å². The smallest absolute Gasteiger partial charge is 0.224 e. The molecule has 0 aliphatic heterocycles. The summed E-state index contributed by atoms with van der Waals surface area (Å²) in [6.07, 6.45) is 2.39. The van der Waals surface area contributed by atoms with E-state index in [2.05, 4.69) is 10.4 Å². The number of aliphatic hydroxyl groups excluding tert-OH is 1. The molecule has 0 bridgehead atoms. The van der Waals surface area contributed by atoms with Crippen LogP contribution < -0.4 is 5.32 Å². The summed E-state index contributed by atoms with van der Waals surface area (Å²) in [5.74, 6) is 0.00826. The molecule has 0 atom stereocenters. The summed E-state index contributed by atoms with van der Waals surface area (Å²) in [6, 6.07) is 0. The molecule has 5 nitrogen and oxygen atoms in total. The van der Waals surface area contributed by atoms with Crippen molar-refractivity contribution in [3.05, 3.63) is 17.0 Å². The van der Waals surface area contributed by atoms with Crippen LogP contribution in [0.5, 0.6) is 0 Å². The van der Waals surface area contributed by atoms with E-state index in [0.29, 0.717) is 13.0 Å². The van der Waals surface area contributed by atoms with Crippen molar-refractivity contribution >= 4 is 5.91 Å². The summed E-state index contributed by atoms with van der Waals surface area (Å²) in [4.78, 5) is 11.9. The van der Waals surface area contributed by atoms with Crippen LogP contribution in [0.25, 0.3) is 0 Å². The SMILES string of the molecule is Cc1nn(C)c(C)c1CC(=O)NCC1(CO)CC1. The Balaban J connectivity index is 1.91. The van der Waals surface area contributed by atoms with Gasteiger partial charge in [0.2, 0.25) is 5.91 Å². The van der Waals surface area contributed by atoms with E-state index in [1.165, 1.54) is 0 Å². The van der Waals surface area contributed by atoms with E-state index in [0.717, 1.165) is 29.8 Å². The van der Waals surface area contributed by atoms with Crippen molar-refractivity contribution in [3.8, 4) is 0 Å². The van der Waals surface area contributed by atoms with E-state index in [4.69, 9.17) is 0 Å². The van der Waals surface area contributed by atoms with Gasteiger partial charge in [0.15, 0.2) is 0 Å². The molecule has 0 aromatic carbocycles. The molecule has 18 heavy (non-hydrogen) atoms. The maximum Gasteiger partial charge on any atom is 0.224 e. The first-order valence-corrected chi connectivity index (χ1v) is 6.34. The molecule has 0 saturated heterocycles. The van der Waals surface area contributed by atoms with Crippen LogP contribution in [0.4, 0.5) is 0 Å². The molecule has 1 aromatic heterocycles. The van der Waals surface area contributed by atoms with Crippen molar-refractivity contribution in [3.63, 3.8) is 0 Å². The third-order valence-corrected chi connectivity index (χ3v) is 3.95. The summed E-state index contributed by atoms with van der Waals surface area (Å²) < 4.78 is 1.80. The topological polar surface area (TPSA) is 67.2 Å². The standard InChI is InChI=1S/C13H21N3O2/c1-9-11(10(2)16(3)15-9)6-12(18)14-7-13(8-17)4-5-13/h17H,4-8H2,1-3H3,(H,14,18). The Kier molecular flexibility index (Phi) is 3.43. The summed E-state index contributed by atoms with van der Waals surface area (Å²) in [7, 11) is 1.88. The fourth-order valence-corrected chi connectivity index (χ4v) is 2.15. The molecule has 0 unspecified atom stereocenters. The number of carbonyl (C=O) groups excluding carboxylic acids is 1. The zero-order valence-corrected chi connectivity index (χ0v) is 11.3. The van der Waals surface area contributed by atoms with E-state index in [9.17, 15) is 9.90 Å². The Morgan fingerprint density at radius 1 is 1.50 bits per heavy atom. The van der Waals surface area contributed by atoms with Crippen LogP contribution in [0, 0.1) is 19.3 Å². The van der Waals surface area contributed by atoms with Gasteiger partial charge in [0, 0.05) is 30.3 Å². The fourth-order valence-electron chi connectivity index (χ4n) is 2.15. The van der Waals surface area contributed by atoms with Gasteiger partial charge in [-0.05, 0) is 26.7 Å². The largest absolute Gasteiger partial charge is 0.396 e. The molecule has 1 aromatic rings. The van der Waals surface area contributed by atoms with Gasteiger partial charge in [-0.15, -0.1) is 0 Å². The first-order chi connectivity index (χ1) is 8.47. The third kappa shape index (κ3) is 2.56. The van der Waals surface area contributed by atoms with Crippen molar-refractivity contribution in [2.75, 3.05) is 13.2 Å². The number of hydrogen-bond acceptors (Lipinski definition) is 3. The number of aromatic nitrogens is 2. The van der Waals surface area contributed by atoms with E-state index in [1.54, 1.807) is 4.68 Å². The zero-order chi connectivity index (χ0) is 13.3. The molecule has 1 aliphatic rings. The fraction of sp³-hybridized carbons (Fsp3) is 0.692. The maximum absolute atomic E-state index is 11.9. The van der Waals surface area contributed by atoms with Crippen LogP contribution in [0.15, 0.2) is 0 Å². The van der Waals surface area contributed by atoms with Gasteiger partial charge in [-0.2, -0.15) is 5.10 Å². The second-order valence-corrected chi connectivity index (χ2v) is 5.38. The summed E-state index contributed by atoms with van der Waals surface area (Å²) in [5.41, 5.74) is 2.91. The number of aliphatic hydroxyl groups is 1. The molecule has 1 aliphatic carbocycles. The summed E-state index contributed by atoms with van der Waals surface area (Å²) >= 11 is 0. The van der Waals surface area contributed by atoms with Crippen molar-refractivity contribution in [1.29, 1.82) is 0 Å². The number of nitrogens with one attached hydrogen (secondary N) is 1. The van der Waals surface area contributed by atoms with E-state index in [1.807, 2.05) is 20.9 Å². The van der Waals surface area contributed by atoms with Crippen LogP contribution in [-0.4, -0.2) is 33.9 Å². The lowest BCUT2D eigenvalue weighted by atomic mass is 10.1. The Labute approximate surface area is 107 Å². The van der Waals surface area contributed by atoms with Crippen molar-refractivity contribution in [2.24, 2.45) is 12.5 Å². The number of carbonyl (C=O) groups is 1. The van der Waals surface area contributed by atoms with E-state index >= 15 is 0 Å². The van der Waals surface area contributed by atoms with Crippen LogP contribution in [0.1, 0.15) is 29.8 Å². The highest BCUT2D eigenvalue weighted by Gasteiger charge is 2.42. The highest BCUT2D eigenvalue weighted by Crippen LogP contribution is 2.44. The number of rotatable bonds is 5. The molecule has 1 fully saturated rings. The normalized spacial score (nSPS) is 16.7. The van der Waals surface area contributed by atoms with Crippen LogP contribution in [-0.2, 0) is 18.3 Å². The summed E-state index contributed by atoms with van der Waals surface area (Å²) in [5, 5.41) is 16.4. The predicted molar refractivity (Wildman–Crippen MR) is 68.1 cm³/mol. The number of amides is 1. The highest BCUT2D eigenvalue weighted by atomic mass is 16.3. The van der Waals surface area contributed by atoms with Gasteiger partial charge in [-0.3, -0.25) is 9.48 Å². The van der Waals surface area contributed by atoms with Crippen molar-refractivity contribution in [2.45, 2.75) is 33.1 Å². The molecule has 1 saturated carbocycles. The molecular weight excluding hydrogens is 230 g/mol. The molecule has 2 N–H and O–H groups in total. The molecule has 0 spiro atoms. The quantitative estimate of drug-likeness (QED) is 0.799. The van der Waals surface area contributed by atoms with Crippen molar-refractivity contribution in [1.82, 2.24) is 15.1 Å². The van der Waals surface area contributed by atoms with Gasteiger partial charge in [-0.25, -0.2) is 0 Å². The Morgan fingerprint density at radius 2 is 2.17 bits per heavy atom. The predicted octanol–water partition coefficient (Wildman–Crippen LogP) is 0.468. The second-order valence-electron chi connectivity index (χ2n) is 5.38. The molecular formula is C13H21N3O2. The first-order valence-electron chi connectivity index (χ1n) is 6.34. The second kappa shape index (κ2) is 4.72. The van der Waals surface area contributed by atoms with Gasteiger partial charge in [-0.1, -0.05) is 0 Å². The lowest BCUT2D eigenvalue weighted by Crippen LogP contribution is -2.33. The molecule has 1 amide bonds. The van der Waals surface area contributed by atoms with Crippen molar-refractivity contribution < 1.29 is 9.90 Å². The van der Waals surface area contributed by atoms with E-state index in [-0.39, 0.29) is 17.9 Å². The number of hydrogen-bond donors (Lipinski definition) is 2. The lowest BCUT2D eigenvalue weighted by Gasteiger charge is -2.12. The number of nitrogens with zero attached hydrogens (tertiary/aromatic N) is 2. The first kappa shape index (κ1) is 13.1. The minimum absolute atomic E-state index is 0.00826. The third-order valence-electron chi connectivity index (χ3n) is 3.95. The highest BCUT2D eigenvalue weighted by molar-refractivity contribution is 5.79. The molecule has 5 heteroatoms.